The fourth-order valence-electron chi connectivity index (χ4n) is 4.14. The molecule has 4 aromatic rings. The largest absolute Gasteiger partial charge is 0.483 e. The number of carboxylic acids is 1. The Morgan fingerprint density at radius 2 is 1.81 bits per heavy atom. The molecule has 6 rings (SSSR count). The van der Waals surface area contributed by atoms with E-state index in [4.69, 9.17) is 30.6 Å². The molecule has 224 valence electrons. The van der Waals surface area contributed by atoms with Crippen molar-refractivity contribution >= 4 is 34.9 Å². The van der Waals surface area contributed by atoms with Crippen molar-refractivity contribution in [3.8, 4) is 5.75 Å². The highest BCUT2D eigenvalue weighted by Crippen LogP contribution is 2.22. The van der Waals surface area contributed by atoms with E-state index in [9.17, 15) is 14.0 Å². The monoisotopic (exact) mass is 600 g/mol. The molecule has 4 heterocycles. The van der Waals surface area contributed by atoms with Crippen molar-refractivity contribution < 1.29 is 33.0 Å². The first-order valence-electron chi connectivity index (χ1n) is 13.5. The molecule has 42 heavy (non-hydrogen) atoms. The summed E-state index contributed by atoms with van der Waals surface area (Å²) in [5, 5.41) is 9.39. The summed E-state index contributed by atoms with van der Waals surface area (Å²) in [7, 11) is 4.09. The lowest BCUT2D eigenvalue weighted by molar-refractivity contribution is 0.0367. The number of halogens is 2. The van der Waals surface area contributed by atoms with Crippen LogP contribution in [0.15, 0.2) is 52.9 Å². The van der Waals surface area contributed by atoms with Gasteiger partial charge in [0.2, 0.25) is 0 Å². The summed E-state index contributed by atoms with van der Waals surface area (Å²) in [6, 6.07) is 12.3. The van der Waals surface area contributed by atoms with Gasteiger partial charge < -0.3 is 28.5 Å². The Kier molecular flexibility index (Phi) is 11.1. The third-order valence-electron chi connectivity index (χ3n) is 6.82. The number of carbonyl (C=O) groups excluding carboxylic acids is 1. The minimum atomic E-state index is -0.904. The standard InChI is InChI=1S/C15H20N4O2.C12H8ClFO3.C3H6O/c1-17-5-7-19(8-6-17)10-14-16-12-4-3-11(15(20)21)9-13(12)18(14)2;13-8-1-4-12(11(14)5-8)16-7-10-3-2-9(6-15)17-10;1-2-4-3-1/h3-4,9H,5-8,10H2,1-2H3,(H,20,21);1-6H,7H2;1-3H2. The van der Waals surface area contributed by atoms with Gasteiger partial charge in [-0.25, -0.2) is 14.2 Å². The predicted molar refractivity (Wildman–Crippen MR) is 156 cm³/mol. The molecular formula is C30H34ClFN4O6. The maximum atomic E-state index is 13.3. The molecule has 0 bridgehead atoms. The number of aromatic carboxylic acids is 1. The third kappa shape index (κ3) is 8.62. The van der Waals surface area contributed by atoms with Gasteiger partial charge in [0.1, 0.15) is 18.2 Å². The Morgan fingerprint density at radius 1 is 1.10 bits per heavy atom. The molecule has 2 aromatic carbocycles. The van der Waals surface area contributed by atoms with Gasteiger partial charge >= 0.3 is 5.97 Å². The number of fused-ring (bicyclic) bond motifs is 1. The van der Waals surface area contributed by atoms with E-state index in [2.05, 4.69) is 21.8 Å². The van der Waals surface area contributed by atoms with Gasteiger partial charge in [-0.15, -0.1) is 0 Å². The molecule has 0 spiro atoms. The van der Waals surface area contributed by atoms with Gasteiger partial charge in [0.15, 0.2) is 23.6 Å². The van der Waals surface area contributed by atoms with E-state index in [1.54, 1.807) is 24.3 Å². The molecule has 12 heteroatoms. The number of rotatable bonds is 7. The molecule has 2 fully saturated rings. The molecule has 2 aliphatic rings. The summed E-state index contributed by atoms with van der Waals surface area (Å²) < 4.78 is 30.3. The molecule has 2 saturated heterocycles. The number of carbonyl (C=O) groups is 2. The van der Waals surface area contributed by atoms with E-state index in [-0.39, 0.29) is 18.1 Å². The maximum absolute atomic E-state index is 13.3. The quantitative estimate of drug-likeness (QED) is 0.296. The minimum absolute atomic E-state index is 0.0480. The smallest absolute Gasteiger partial charge is 0.335 e. The lowest BCUT2D eigenvalue weighted by atomic mass is 10.2. The van der Waals surface area contributed by atoms with Crippen LogP contribution in [-0.2, 0) is 24.9 Å². The number of furan rings is 1. The van der Waals surface area contributed by atoms with Crippen molar-refractivity contribution in [1.82, 2.24) is 19.4 Å². The van der Waals surface area contributed by atoms with E-state index in [0.717, 1.165) is 68.9 Å². The highest BCUT2D eigenvalue weighted by molar-refractivity contribution is 6.30. The highest BCUT2D eigenvalue weighted by Gasteiger charge is 2.17. The molecule has 0 aliphatic carbocycles. The minimum Gasteiger partial charge on any atom is -0.483 e. The summed E-state index contributed by atoms with van der Waals surface area (Å²) in [6.07, 6.45) is 1.87. The summed E-state index contributed by atoms with van der Waals surface area (Å²) in [4.78, 5) is 30.8. The molecule has 10 nitrogen and oxygen atoms in total. The van der Waals surface area contributed by atoms with Crippen molar-refractivity contribution in [3.63, 3.8) is 0 Å². The molecule has 2 aromatic heterocycles. The molecular weight excluding hydrogens is 567 g/mol. The van der Waals surface area contributed by atoms with E-state index >= 15 is 0 Å². The van der Waals surface area contributed by atoms with Crippen molar-refractivity contribution in [2.75, 3.05) is 46.4 Å². The third-order valence-corrected chi connectivity index (χ3v) is 7.06. The first-order valence-corrected chi connectivity index (χ1v) is 13.9. The number of benzene rings is 2. The number of aryl methyl sites for hydroxylation is 1. The predicted octanol–water partition coefficient (Wildman–Crippen LogP) is 4.89. The average molecular weight is 601 g/mol. The summed E-state index contributed by atoms with van der Waals surface area (Å²) >= 11 is 5.60. The van der Waals surface area contributed by atoms with Crippen molar-refractivity contribution in [2.24, 2.45) is 7.05 Å². The molecule has 0 atom stereocenters. The van der Waals surface area contributed by atoms with Crippen LogP contribution in [0.3, 0.4) is 0 Å². The molecule has 0 radical (unpaired) electrons. The fourth-order valence-corrected chi connectivity index (χ4v) is 4.30. The normalized spacial score (nSPS) is 15.1. The van der Waals surface area contributed by atoms with Crippen LogP contribution in [0, 0.1) is 5.82 Å². The molecule has 0 amide bonds. The second kappa shape index (κ2) is 14.9. The summed E-state index contributed by atoms with van der Waals surface area (Å²) in [5.41, 5.74) is 2.03. The van der Waals surface area contributed by atoms with E-state index in [1.165, 1.54) is 24.6 Å². The number of carboxylic acid groups (broad SMARTS) is 1. The van der Waals surface area contributed by atoms with Gasteiger partial charge in [-0.1, -0.05) is 11.6 Å². The van der Waals surface area contributed by atoms with Gasteiger partial charge in [-0.05, 0) is 62.0 Å². The number of aldehydes is 1. The van der Waals surface area contributed by atoms with Crippen LogP contribution < -0.4 is 4.74 Å². The molecule has 0 saturated carbocycles. The summed E-state index contributed by atoms with van der Waals surface area (Å²) in [5.74, 6) is 0.274. The van der Waals surface area contributed by atoms with Crippen LogP contribution in [0.25, 0.3) is 11.0 Å². The SMILES string of the molecule is C1COC1.CN1CCN(Cc2nc3ccc(C(=O)O)cc3n2C)CC1.O=Cc1ccc(COc2ccc(Cl)cc2F)o1. The highest BCUT2D eigenvalue weighted by atomic mass is 35.5. The van der Waals surface area contributed by atoms with Gasteiger partial charge in [0.25, 0.3) is 0 Å². The van der Waals surface area contributed by atoms with Gasteiger partial charge in [-0.2, -0.15) is 0 Å². The van der Waals surface area contributed by atoms with E-state index in [1.807, 2.05) is 11.6 Å². The number of ether oxygens (including phenoxy) is 2. The van der Waals surface area contributed by atoms with Gasteiger partial charge in [-0.3, -0.25) is 9.69 Å². The topological polar surface area (TPSA) is 110 Å². The van der Waals surface area contributed by atoms with Crippen LogP contribution in [0.5, 0.6) is 5.75 Å². The second-order valence-electron chi connectivity index (χ2n) is 9.93. The first-order chi connectivity index (χ1) is 20.2. The first kappa shape index (κ1) is 31.2. The lowest BCUT2D eigenvalue weighted by Crippen LogP contribution is -2.44. The van der Waals surface area contributed by atoms with Crippen LogP contribution >= 0.6 is 11.6 Å². The van der Waals surface area contributed by atoms with E-state index < -0.39 is 11.8 Å². The van der Waals surface area contributed by atoms with Crippen molar-refractivity contribution in [1.29, 1.82) is 0 Å². The Hall–Kier alpha value is -3.77. The fraction of sp³-hybridized carbons (Fsp3) is 0.367. The zero-order valence-corrected chi connectivity index (χ0v) is 24.3. The number of nitrogens with zero attached hydrogens (tertiary/aromatic N) is 4. The Labute approximate surface area is 248 Å². The maximum Gasteiger partial charge on any atom is 0.335 e. The Morgan fingerprint density at radius 3 is 2.40 bits per heavy atom. The van der Waals surface area contributed by atoms with Crippen molar-refractivity contribution in [2.45, 2.75) is 19.6 Å². The second-order valence-corrected chi connectivity index (χ2v) is 10.4. The number of likely N-dealkylation sites (N-methyl/N-ethyl adjacent to an activating group) is 1. The Balaban J connectivity index is 0.000000173. The molecule has 2 aliphatic heterocycles. The Bertz CT molecular complexity index is 1490. The van der Waals surface area contributed by atoms with Crippen molar-refractivity contribution in [3.05, 3.63) is 82.3 Å². The van der Waals surface area contributed by atoms with Crippen LogP contribution in [0.4, 0.5) is 4.39 Å². The van der Waals surface area contributed by atoms with E-state index in [0.29, 0.717) is 22.6 Å². The van der Waals surface area contributed by atoms with Crippen LogP contribution in [0.1, 0.15) is 38.9 Å². The zero-order chi connectivity index (χ0) is 30.1. The number of hydrogen-bond acceptors (Lipinski definition) is 8. The van der Waals surface area contributed by atoms with Gasteiger partial charge in [0, 0.05) is 51.5 Å². The lowest BCUT2D eigenvalue weighted by Gasteiger charge is -2.31. The number of aromatic nitrogens is 2. The zero-order valence-electron chi connectivity index (χ0n) is 23.6. The number of imidazole rings is 1. The summed E-state index contributed by atoms with van der Waals surface area (Å²) in [6.45, 7) is 7.09. The van der Waals surface area contributed by atoms with Crippen LogP contribution in [0.2, 0.25) is 5.02 Å². The number of hydrogen-bond donors (Lipinski definition) is 1. The molecule has 1 N–H and O–H groups in total. The van der Waals surface area contributed by atoms with Gasteiger partial charge in [0.05, 0.1) is 23.1 Å². The number of piperazine rings is 1. The molecule has 0 unspecified atom stereocenters. The average Bonchev–Trinajstić information content (AvgIpc) is 3.52. The van der Waals surface area contributed by atoms with Crippen LogP contribution in [-0.4, -0.2) is 83.2 Å².